The highest BCUT2D eigenvalue weighted by molar-refractivity contribution is 5.39. The molecule has 0 spiro atoms. The van der Waals surface area contributed by atoms with Gasteiger partial charge in [-0.1, -0.05) is 12.1 Å². The van der Waals surface area contributed by atoms with Crippen LogP contribution in [0.1, 0.15) is 31.9 Å². The summed E-state index contributed by atoms with van der Waals surface area (Å²) in [5, 5.41) is 4.20. The molecule has 3 rings (SSSR count). The van der Waals surface area contributed by atoms with Gasteiger partial charge >= 0.3 is 5.69 Å². The first kappa shape index (κ1) is 13.9. The van der Waals surface area contributed by atoms with Crippen molar-refractivity contribution >= 4 is 0 Å². The number of nitrogens with zero attached hydrogens (tertiary/aromatic N) is 3. The molecule has 1 aliphatic heterocycles. The van der Waals surface area contributed by atoms with Crippen molar-refractivity contribution in [3.63, 3.8) is 0 Å². The summed E-state index contributed by atoms with van der Waals surface area (Å²) in [6.07, 6.45) is 3.43. The predicted octanol–water partition coefficient (Wildman–Crippen LogP) is 1.98. The Kier molecular flexibility index (Phi) is 3.35. The molecule has 21 heavy (non-hydrogen) atoms. The second-order valence-corrected chi connectivity index (χ2v) is 6.48. The first-order valence-corrected chi connectivity index (χ1v) is 7.35. The highest BCUT2D eigenvalue weighted by Gasteiger charge is 2.18. The smallest absolute Gasteiger partial charge is 0.346 e. The van der Waals surface area contributed by atoms with Crippen molar-refractivity contribution in [3.05, 3.63) is 46.1 Å². The lowest BCUT2D eigenvalue weighted by Crippen LogP contribution is -2.36. The molecule has 1 aromatic carbocycles. The Morgan fingerprint density at radius 3 is 2.86 bits per heavy atom. The normalized spacial score (nSPS) is 14.0. The summed E-state index contributed by atoms with van der Waals surface area (Å²) in [5.41, 5.74) is 2.17. The van der Waals surface area contributed by atoms with Crippen molar-refractivity contribution in [2.24, 2.45) is 0 Å². The molecule has 0 bridgehead atoms. The fourth-order valence-corrected chi connectivity index (χ4v) is 2.59. The molecular weight excluding hydrogens is 266 g/mol. The molecule has 2 aromatic rings. The molecule has 0 saturated heterocycles. The maximum atomic E-state index is 12.3. The van der Waals surface area contributed by atoms with E-state index < -0.39 is 0 Å². The average molecular weight is 287 g/mol. The van der Waals surface area contributed by atoms with Crippen LogP contribution >= 0.6 is 0 Å². The topological polar surface area (TPSA) is 49.0 Å². The molecule has 5 heteroatoms. The fraction of sp³-hybridized carbons (Fsp3) is 0.500. The molecule has 0 unspecified atom stereocenters. The zero-order valence-electron chi connectivity index (χ0n) is 12.8. The fourth-order valence-electron chi connectivity index (χ4n) is 2.59. The van der Waals surface area contributed by atoms with E-state index in [2.05, 4.69) is 17.2 Å². The van der Waals surface area contributed by atoms with Crippen molar-refractivity contribution in [1.29, 1.82) is 0 Å². The van der Waals surface area contributed by atoms with Crippen LogP contribution in [0.5, 0.6) is 5.75 Å². The van der Waals surface area contributed by atoms with E-state index >= 15 is 0 Å². The number of benzene rings is 1. The van der Waals surface area contributed by atoms with Crippen LogP contribution in [0.25, 0.3) is 0 Å². The Bertz CT molecular complexity index is 707. The van der Waals surface area contributed by atoms with Crippen LogP contribution in [0.4, 0.5) is 0 Å². The van der Waals surface area contributed by atoms with Crippen molar-refractivity contribution in [1.82, 2.24) is 14.3 Å². The van der Waals surface area contributed by atoms with E-state index in [1.165, 1.54) is 15.8 Å². The molecule has 0 atom stereocenters. The van der Waals surface area contributed by atoms with Crippen LogP contribution in [0.2, 0.25) is 0 Å². The van der Waals surface area contributed by atoms with Gasteiger partial charge in [-0.25, -0.2) is 9.48 Å². The molecule has 0 saturated carbocycles. The van der Waals surface area contributed by atoms with Gasteiger partial charge in [0.25, 0.3) is 0 Å². The van der Waals surface area contributed by atoms with Gasteiger partial charge in [-0.2, -0.15) is 5.10 Å². The predicted molar refractivity (Wildman–Crippen MR) is 80.8 cm³/mol. The van der Waals surface area contributed by atoms with Crippen molar-refractivity contribution < 1.29 is 4.74 Å². The molecule has 2 heterocycles. The Labute approximate surface area is 124 Å². The van der Waals surface area contributed by atoms with Gasteiger partial charge in [0.15, 0.2) is 0 Å². The van der Waals surface area contributed by atoms with E-state index in [1.807, 2.05) is 26.8 Å². The summed E-state index contributed by atoms with van der Waals surface area (Å²) in [6.45, 7) is 7.36. The highest BCUT2D eigenvalue weighted by atomic mass is 16.5. The number of hydrogen-bond acceptors (Lipinski definition) is 3. The lowest BCUT2D eigenvalue weighted by molar-refractivity contribution is 0.340. The molecule has 0 fully saturated rings. The summed E-state index contributed by atoms with van der Waals surface area (Å²) < 4.78 is 8.71. The van der Waals surface area contributed by atoms with Gasteiger partial charge in [-0.3, -0.25) is 4.57 Å². The molecule has 0 aliphatic carbocycles. The van der Waals surface area contributed by atoms with Crippen molar-refractivity contribution in [2.45, 2.75) is 45.7 Å². The molecule has 0 N–H and O–H groups in total. The standard InChI is InChI=1S/C16H21N3O2/c1-16(2,3)19-15(20)18(11-17-19)8-6-12-4-5-14-13(10-12)7-9-21-14/h4-5,10-11H,6-9H2,1-3H3. The maximum absolute atomic E-state index is 12.3. The third-order valence-electron chi connectivity index (χ3n) is 3.76. The van der Waals surface area contributed by atoms with Gasteiger partial charge < -0.3 is 4.74 Å². The van der Waals surface area contributed by atoms with Gasteiger partial charge in [0.05, 0.1) is 12.1 Å². The Morgan fingerprint density at radius 2 is 2.14 bits per heavy atom. The zero-order valence-corrected chi connectivity index (χ0v) is 12.8. The van der Waals surface area contributed by atoms with Crippen LogP contribution in [0, 0.1) is 0 Å². The van der Waals surface area contributed by atoms with E-state index in [9.17, 15) is 4.79 Å². The minimum Gasteiger partial charge on any atom is -0.493 e. The maximum Gasteiger partial charge on any atom is 0.346 e. The largest absolute Gasteiger partial charge is 0.493 e. The number of ether oxygens (including phenoxy) is 1. The number of fused-ring (bicyclic) bond motifs is 1. The molecule has 1 aromatic heterocycles. The molecule has 1 aliphatic rings. The summed E-state index contributed by atoms with van der Waals surface area (Å²) >= 11 is 0. The first-order valence-electron chi connectivity index (χ1n) is 7.35. The van der Waals surface area contributed by atoms with E-state index in [4.69, 9.17) is 4.74 Å². The number of aryl methyl sites for hydroxylation is 2. The van der Waals surface area contributed by atoms with Gasteiger partial charge in [0, 0.05) is 13.0 Å². The summed E-state index contributed by atoms with van der Waals surface area (Å²) in [4.78, 5) is 12.3. The minimum atomic E-state index is -0.284. The molecular formula is C16H21N3O2. The first-order chi connectivity index (χ1) is 9.95. The lowest BCUT2D eigenvalue weighted by atomic mass is 10.1. The summed E-state index contributed by atoms with van der Waals surface area (Å²) in [6, 6.07) is 6.28. The van der Waals surface area contributed by atoms with E-state index in [0.717, 1.165) is 25.2 Å². The molecule has 5 nitrogen and oxygen atoms in total. The van der Waals surface area contributed by atoms with Gasteiger partial charge in [0.1, 0.15) is 12.1 Å². The van der Waals surface area contributed by atoms with Gasteiger partial charge in [-0.15, -0.1) is 0 Å². The van der Waals surface area contributed by atoms with Crippen LogP contribution in [-0.4, -0.2) is 21.0 Å². The Hall–Kier alpha value is -2.04. The lowest BCUT2D eigenvalue weighted by Gasteiger charge is -2.16. The highest BCUT2D eigenvalue weighted by Crippen LogP contribution is 2.26. The van der Waals surface area contributed by atoms with E-state index in [0.29, 0.717) is 6.54 Å². The van der Waals surface area contributed by atoms with E-state index in [1.54, 1.807) is 10.9 Å². The number of rotatable bonds is 3. The van der Waals surface area contributed by atoms with Crippen LogP contribution in [0.3, 0.4) is 0 Å². The molecule has 0 amide bonds. The second kappa shape index (κ2) is 5.06. The van der Waals surface area contributed by atoms with Crippen molar-refractivity contribution in [3.8, 4) is 5.75 Å². The monoisotopic (exact) mass is 287 g/mol. The third-order valence-corrected chi connectivity index (χ3v) is 3.76. The number of hydrogen-bond donors (Lipinski definition) is 0. The third kappa shape index (κ3) is 2.73. The number of aromatic nitrogens is 3. The summed E-state index contributed by atoms with van der Waals surface area (Å²) in [5.74, 6) is 0.997. The van der Waals surface area contributed by atoms with Gasteiger partial charge in [-0.05, 0) is 44.4 Å². The van der Waals surface area contributed by atoms with Crippen LogP contribution in [0.15, 0.2) is 29.3 Å². The van der Waals surface area contributed by atoms with Gasteiger partial charge in [0.2, 0.25) is 0 Å². The molecule has 112 valence electrons. The Balaban J connectivity index is 1.74. The van der Waals surface area contributed by atoms with Crippen molar-refractivity contribution in [2.75, 3.05) is 6.61 Å². The molecule has 0 radical (unpaired) electrons. The summed E-state index contributed by atoms with van der Waals surface area (Å²) in [7, 11) is 0. The van der Waals surface area contributed by atoms with E-state index in [-0.39, 0.29) is 11.2 Å². The minimum absolute atomic E-state index is 0.0491. The SMILES string of the molecule is CC(C)(C)n1ncn(CCc2ccc3c(c2)CCO3)c1=O. The Morgan fingerprint density at radius 1 is 1.33 bits per heavy atom. The second-order valence-electron chi connectivity index (χ2n) is 6.48. The zero-order chi connectivity index (χ0) is 15.0. The quantitative estimate of drug-likeness (QED) is 0.867. The van der Waals surface area contributed by atoms with Crippen LogP contribution in [-0.2, 0) is 24.9 Å². The van der Waals surface area contributed by atoms with Crippen LogP contribution < -0.4 is 10.4 Å². The average Bonchev–Trinajstić information content (AvgIpc) is 3.01.